The number of nitrogens with one attached hydrogen (secondary N) is 2. The van der Waals surface area contributed by atoms with Crippen LogP contribution in [-0.4, -0.2) is 64.3 Å². The van der Waals surface area contributed by atoms with E-state index in [9.17, 15) is 24.6 Å². The summed E-state index contributed by atoms with van der Waals surface area (Å²) in [5, 5.41) is 30.3. The molecule has 0 saturated heterocycles. The molecular formula is C26H27N3O6. The van der Waals surface area contributed by atoms with Crippen LogP contribution in [0.4, 0.5) is 5.69 Å². The molecule has 5 N–H and O–H groups in total. The van der Waals surface area contributed by atoms with E-state index in [1.54, 1.807) is 41.9 Å². The van der Waals surface area contributed by atoms with Gasteiger partial charge in [0.25, 0.3) is 17.7 Å². The lowest BCUT2D eigenvalue weighted by Gasteiger charge is -2.21. The first-order valence-corrected chi connectivity index (χ1v) is 10.9. The van der Waals surface area contributed by atoms with Crippen LogP contribution in [0.2, 0.25) is 0 Å². The minimum Gasteiger partial charge on any atom is -0.395 e. The van der Waals surface area contributed by atoms with E-state index in [4.69, 9.17) is 5.21 Å². The van der Waals surface area contributed by atoms with Crippen LogP contribution >= 0.6 is 0 Å². The van der Waals surface area contributed by atoms with Gasteiger partial charge in [-0.25, -0.2) is 5.48 Å². The third kappa shape index (κ3) is 6.51. The van der Waals surface area contributed by atoms with Crippen molar-refractivity contribution in [3.05, 3.63) is 89.0 Å². The monoisotopic (exact) mass is 477 g/mol. The summed E-state index contributed by atoms with van der Waals surface area (Å²) in [6, 6.07) is 18.3. The first-order chi connectivity index (χ1) is 16.9. The molecule has 0 saturated carbocycles. The summed E-state index contributed by atoms with van der Waals surface area (Å²) in [4.78, 5) is 38.9. The van der Waals surface area contributed by atoms with Gasteiger partial charge in [-0.05, 0) is 60.5 Å². The molecule has 0 heterocycles. The van der Waals surface area contributed by atoms with E-state index in [0.717, 1.165) is 5.56 Å². The molecule has 3 aromatic rings. The fraction of sp³-hybridized carbons (Fsp3) is 0.192. The van der Waals surface area contributed by atoms with Crippen molar-refractivity contribution in [1.29, 1.82) is 0 Å². The van der Waals surface area contributed by atoms with Gasteiger partial charge < -0.3 is 20.4 Å². The minimum absolute atomic E-state index is 0.0413. The summed E-state index contributed by atoms with van der Waals surface area (Å²) in [7, 11) is 0. The number of hydrogen-bond donors (Lipinski definition) is 5. The Bertz CT molecular complexity index is 1190. The zero-order valence-electron chi connectivity index (χ0n) is 19.2. The van der Waals surface area contributed by atoms with Crippen molar-refractivity contribution in [3.63, 3.8) is 0 Å². The highest BCUT2D eigenvalue weighted by molar-refractivity contribution is 6.06. The standard InChI is InChI=1S/C26H27N3O6/c1-17-2-4-19(5-3-17)24(32)27-23-15-21(18-6-8-20(9-7-18)25(33)28-35)14-22(16-23)26(34)29(10-12-30)11-13-31/h2-9,14-16,30-31,35H,10-13H2,1H3,(H,27,32)(H,28,33). The van der Waals surface area contributed by atoms with Gasteiger partial charge in [0, 0.05) is 35.5 Å². The van der Waals surface area contributed by atoms with E-state index >= 15 is 0 Å². The highest BCUT2D eigenvalue weighted by Gasteiger charge is 2.18. The van der Waals surface area contributed by atoms with Crippen molar-refractivity contribution >= 4 is 23.4 Å². The molecule has 9 nitrogen and oxygen atoms in total. The number of carbonyl (C=O) groups is 3. The summed E-state index contributed by atoms with van der Waals surface area (Å²) in [6.45, 7) is 1.47. The summed E-state index contributed by atoms with van der Waals surface area (Å²) in [5.41, 5.74) is 5.17. The largest absolute Gasteiger partial charge is 0.395 e. The smallest absolute Gasteiger partial charge is 0.274 e. The minimum atomic E-state index is -0.657. The predicted octanol–water partition coefficient (Wildman–Crippen LogP) is 2.46. The highest BCUT2D eigenvalue weighted by Crippen LogP contribution is 2.27. The van der Waals surface area contributed by atoms with Crippen LogP contribution in [0, 0.1) is 6.92 Å². The van der Waals surface area contributed by atoms with E-state index in [-0.39, 0.29) is 43.3 Å². The normalized spacial score (nSPS) is 10.5. The van der Waals surface area contributed by atoms with Crippen LogP contribution in [0.15, 0.2) is 66.7 Å². The number of anilines is 1. The number of aliphatic hydroxyl groups is 2. The average Bonchev–Trinajstić information content (AvgIpc) is 2.88. The van der Waals surface area contributed by atoms with E-state index in [0.29, 0.717) is 22.4 Å². The quantitative estimate of drug-likeness (QED) is 0.237. The SMILES string of the molecule is Cc1ccc(C(=O)Nc2cc(C(=O)N(CCO)CCO)cc(-c3ccc(C(=O)NO)cc3)c2)cc1. The molecule has 0 aliphatic heterocycles. The zero-order valence-corrected chi connectivity index (χ0v) is 19.2. The molecular weight excluding hydrogens is 450 g/mol. The molecule has 0 aliphatic rings. The molecule has 0 atom stereocenters. The Kier molecular flexibility index (Phi) is 8.69. The molecule has 182 valence electrons. The molecule has 3 amide bonds. The number of amides is 3. The predicted molar refractivity (Wildman–Crippen MR) is 130 cm³/mol. The van der Waals surface area contributed by atoms with Crippen molar-refractivity contribution in [1.82, 2.24) is 10.4 Å². The van der Waals surface area contributed by atoms with E-state index in [2.05, 4.69) is 5.32 Å². The number of aryl methyl sites for hydroxylation is 1. The first kappa shape index (κ1) is 25.6. The number of rotatable bonds is 9. The van der Waals surface area contributed by atoms with Crippen LogP contribution in [0.3, 0.4) is 0 Å². The number of benzene rings is 3. The summed E-state index contributed by atoms with van der Waals surface area (Å²) < 4.78 is 0. The van der Waals surface area contributed by atoms with E-state index < -0.39 is 11.8 Å². The van der Waals surface area contributed by atoms with Crippen LogP contribution in [0.5, 0.6) is 0 Å². The van der Waals surface area contributed by atoms with Gasteiger partial charge in [-0.15, -0.1) is 0 Å². The van der Waals surface area contributed by atoms with Gasteiger partial charge in [-0.2, -0.15) is 0 Å². The van der Waals surface area contributed by atoms with Gasteiger partial charge in [0.15, 0.2) is 0 Å². The molecule has 0 aliphatic carbocycles. The molecule has 3 rings (SSSR count). The lowest BCUT2D eigenvalue weighted by molar-refractivity contribution is 0.0684. The van der Waals surface area contributed by atoms with Gasteiger partial charge in [0.2, 0.25) is 0 Å². The fourth-order valence-corrected chi connectivity index (χ4v) is 3.52. The molecule has 35 heavy (non-hydrogen) atoms. The number of carbonyl (C=O) groups excluding carboxylic acids is 3. The maximum atomic E-state index is 13.1. The maximum absolute atomic E-state index is 13.1. The number of hydroxylamine groups is 1. The summed E-state index contributed by atoms with van der Waals surface area (Å²) in [5.74, 6) is -1.43. The third-order valence-electron chi connectivity index (χ3n) is 5.36. The lowest BCUT2D eigenvalue weighted by atomic mass is 9.99. The van der Waals surface area contributed by atoms with Crippen molar-refractivity contribution in [2.75, 3.05) is 31.6 Å². The van der Waals surface area contributed by atoms with Gasteiger partial charge in [-0.3, -0.25) is 19.6 Å². The Hall–Kier alpha value is -4.05. The molecule has 0 spiro atoms. The number of aliphatic hydroxyl groups excluding tert-OH is 2. The molecule has 0 fully saturated rings. The Balaban J connectivity index is 2.01. The topological polar surface area (TPSA) is 139 Å². The van der Waals surface area contributed by atoms with Crippen LogP contribution < -0.4 is 10.8 Å². The Morgan fingerprint density at radius 2 is 1.31 bits per heavy atom. The zero-order chi connectivity index (χ0) is 25.4. The van der Waals surface area contributed by atoms with Gasteiger partial charge in [-0.1, -0.05) is 29.8 Å². The van der Waals surface area contributed by atoms with Crippen molar-refractivity contribution in [2.24, 2.45) is 0 Å². The van der Waals surface area contributed by atoms with Gasteiger partial charge >= 0.3 is 0 Å². The molecule has 0 bridgehead atoms. The third-order valence-corrected chi connectivity index (χ3v) is 5.36. The second-order valence-corrected chi connectivity index (χ2v) is 7.88. The molecule has 9 heteroatoms. The maximum Gasteiger partial charge on any atom is 0.274 e. The second kappa shape index (κ2) is 11.9. The Morgan fingerprint density at radius 1 is 0.743 bits per heavy atom. The second-order valence-electron chi connectivity index (χ2n) is 7.88. The summed E-state index contributed by atoms with van der Waals surface area (Å²) in [6.07, 6.45) is 0. The van der Waals surface area contributed by atoms with Crippen molar-refractivity contribution < 1.29 is 29.8 Å². The van der Waals surface area contributed by atoms with Crippen molar-refractivity contribution in [3.8, 4) is 11.1 Å². The van der Waals surface area contributed by atoms with Gasteiger partial charge in [0.1, 0.15) is 0 Å². The highest BCUT2D eigenvalue weighted by atomic mass is 16.5. The van der Waals surface area contributed by atoms with Crippen LogP contribution in [0.25, 0.3) is 11.1 Å². The number of nitrogens with zero attached hydrogens (tertiary/aromatic N) is 1. The Morgan fingerprint density at radius 3 is 1.89 bits per heavy atom. The number of hydrogen-bond acceptors (Lipinski definition) is 6. The van der Waals surface area contributed by atoms with Crippen LogP contribution in [-0.2, 0) is 0 Å². The first-order valence-electron chi connectivity index (χ1n) is 10.9. The van der Waals surface area contributed by atoms with Crippen LogP contribution in [0.1, 0.15) is 36.6 Å². The average molecular weight is 478 g/mol. The Labute approximate surface area is 202 Å². The van der Waals surface area contributed by atoms with Crippen molar-refractivity contribution in [2.45, 2.75) is 6.92 Å². The fourth-order valence-electron chi connectivity index (χ4n) is 3.52. The lowest BCUT2D eigenvalue weighted by Crippen LogP contribution is -2.35. The van der Waals surface area contributed by atoms with E-state index in [1.165, 1.54) is 23.1 Å². The molecule has 3 aromatic carbocycles. The molecule has 0 radical (unpaired) electrons. The van der Waals surface area contributed by atoms with E-state index in [1.807, 2.05) is 19.1 Å². The molecule has 0 unspecified atom stereocenters. The summed E-state index contributed by atoms with van der Waals surface area (Å²) >= 11 is 0. The van der Waals surface area contributed by atoms with Gasteiger partial charge in [0.05, 0.1) is 13.2 Å². The molecule has 0 aromatic heterocycles.